The molecule has 116 valence electrons. The number of hydrogen-bond acceptors (Lipinski definition) is 4. The number of carbonyl (C=O) groups excluding carboxylic acids is 1. The van der Waals surface area contributed by atoms with Crippen LogP contribution in [0.5, 0.6) is 0 Å². The van der Waals surface area contributed by atoms with Crippen LogP contribution >= 0.6 is 0 Å². The van der Waals surface area contributed by atoms with Crippen molar-refractivity contribution in [3.05, 3.63) is 0 Å². The number of rotatable bonds is 7. The van der Waals surface area contributed by atoms with E-state index in [0.29, 0.717) is 13.2 Å². The first-order valence-corrected chi connectivity index (χ1v) is 6.86. The molecule has 19 heavy (non-hydrogen) atoms. The van der Waals surface area contributed by atoms with Gasteiger partial charge >= 0.3 is 11.9 Å². The maximum Gasteiger partial charge on any atom is 0.323 e. The normalized spacial score (nSPS) is 10.5. The van der Waals surface area contributed by atoms with E-state index in [9.17, 15) is 9.59 Å². The first kappa shape index (κ1) is 23.0. The van der Waals surface area contributed by atoms with Crippen LogP contribution in [-0.4, -0.2) is 50.3 Å². The van der Waals surface area contributed by atoms with Gasteiger partial charge in [0.2, 0.25) is 0 Å². The van der Waals surface area contributed by atoms with E-state index in [1.54, 1.807) is 0 Å². The molecule has 0 saturated heterocycles. The molecule has 0 aliphatic rings. The van der Waals surface area contributed by atoms with Gasteiger partial charge in [-0.3, -0.25) is 9.59 Å². The Morgan fingerprint density at radius 2 is 1.68 bits per heavy atom. The molecule has 6 heteroatoms. The fraction of sp³-hybridized carbons (Fsp3) is 0.846. The Kier molecular flexibility index (Phi) is 20.4. The molecule has 0 aliphatic heterocycles. The molecule has 0 radical (unpaired) electrons. The van der Waals surface area contributed by atoms with E-state index in [2.05, 4.69) is 0 Å². The van der Waals surface area contributed by atoms with Crippen molar-refractivity contribution in [2.45, 2.75) is 46.6 Å². The van der Waals surface area contributed by atoms with Crippen molar-refractivity contribution in [1.29, 1.82) is 0 Å². The van der Waals surface area contributed by atoms with Crippen LogP contribution in [0.25, 0.3) is 0 Å². The van der Waals surface area contributed by atoms with Crippen molar-refractivity contribution >= 4 is 11.9 Å². The highest BCUT2D eigenvalue weighted by Gasteiger charge is 2.16. The molecular formula is C13H31N2O4+. The molecule has 0 fully saturated rings. The van der Waals surface area contributed by atoms with Gasteiger partial charge in [0.15, 0.2) is 0 Å². The summed E-state index contributed by atoms with van der Waals surface area (Å²) in [6.07, 6.45) is -0.00180. The lowest BCUT2D eigenvalue weighted by Gasteiger charge is -2.11. The van der Waals surface area contributed by atoms with E-state index in [-0.39, 0.29) is 12.8 Å². The Hall–Kier alpha value is -1.14. The second kappa shape index (κ2) is 16.9. The zero-order chi connectivity index (χ0) is 15.8. The first-order chi connectivity index (χ1) is 8.93. The second-order valence-electron chi connectivity index (χ2n) is 3.66. The van der Waals surface area contributed by atoms with Gasteiger partial charge < -0.3 is 20.5 Å². The Morgan fingerprint density at radius 1 is 1.21 bits per heavy atom. The molecular weight excluding hydrogens is 248 g/mol. The predicted octanol–water partition coefficient (Wildman–Crippen LogP) is -0.0814. The third-order valence-corrected chi connectivity index (χ3v) is 1.82. The number of carboxylic acids is 1. The molecule has 0 heterocycles. The molecule has 1 unspecified atom stereocenters. The van der Waals surface area contributed by atoms with Crippen molar-refractivity contribution in [2.75, 3.05) is 27.2 Å². The summed E-state index contributed by atoms with van der Waals surface area (Å²) < 4.78 is 4.87. The van der Waals surface area contributed by atoms with Gasteiger partial charge in [-0.1, -0.05) is 27.7 Å². The van der Waals surface area contributed by atoms with Crippen LogP contribution in [0, 0.1) is 0 Å². The fourth-order valence-electron chi connectivity index (χ4n) is 0.860. The number of esters is 1. The minimum absolute atomic E-state index is 0.114. The molecule has 0 amide bonds. The molecule has 6 nitrogen and oxygen atoms in total. The highest BCUT2D eigenvalue weighted by Crippen LogP contribution is 1.96. The molecule has 0 saturated carbocycles. The van der Waals surface area contributed by atoms with Crippen LogP contribution in [0.3, 0.4) is 0 Å². The van der Waals surface area contributed by atoms with Crippen molar-refractivity contribution in [3.8, 4) is 0 Å². The lowest BCUT2D eigenvalue weighted by molar-refractivity contribution is -0.858. The highest BCUT2D eigenvalue weighted by molar-refractivity contribution is 5.76. The average Bonchev–Trinajstić information content (AvgIpc) is 2.40. The van der Waals surface area contributed by atoms with E-state index >= 15 is 0 Å². The predicted molar refractivity (Wildman–Crippen MR) is 76.2 cm³/mol. The van der Waals surface area contributed by atoms with Crippen molar-refractivity contribution in [1.82, 2.24) is 0 Å². The summed E-state index contributed by atoms with van der Waals surface area (Å²) in [5.41, 5.74) is 5.44. The Balaban J connectivity index is -0.000000579. The standard InChI is InChI=1S/C9H18N2O4.2C2H6/c1-11(2)5-6-15-9(14)7(10)3-4-8(12)13;2*1-2/h7H,3-6,10H2,1-2H3,(H,12,13);2*1-2H3/p+1. The fourth-order valence-corrected chi connectivity index (χ4v) is 0.860. The molecule has 0 aromatic rings. The summed E-state index contributed by atoms with van der Waals surface area (Å²) in [7, 11) is 3.89. The third kappa shape index (κ3) is 19.4. The summed E-state index contributed by atoms with van der Waals surface area (Å²) >= 11 is 0. The van der Waals surface area contributed by atoms with Gasteiger partial charge in [-0.05, 0) is 6.42 Å². The van der Waals surface area contributed by atoms with Crippen LogP contribution in [0.15, 0.2) is 0 Å². The largest absolute Gasteiger partial charge is 0.481 e. The van der Waals surface area contributed by atoms with Crippen LogP contribution in [-0.2, 0) is 14.3 Å². The topological polar surface area (TPSA) is 94.1 Å². The monoisotopic (exact) mass is 279 g/mol. The van der Waals surface area contributed by atoms with Gasteiger partial charge in [-0.15, -0.1) is 0 Å². The number of nitrogens with one attached hydrogen (secondary N) is 1. The second-order valence-corrected chi connectivity index (χ2v) is 3.66. The number of carboxylic acid groups (broad SMARTS) is 1. The number of carbonyl (C=O) groups is 2. The van der Waals surface area contributed by atoms with Gasteiger partial charge in [0.1, 0.15) is 19.2 Å². The number of quaternary nitrogens is 1. The summed E-state index contributed by atoms with van der Waals surface area (Å²) in [4.78, 5) is 22.6. The summed E-state index contributed by atoms with van der Waals surface area (Å²) in [5, 5.41) is 8.38. The Labute approximate surface area is 116 Å². The Morgan fingerprint density at radius 3 is 2.05 bits per heavy atom. The number of nitrogens with two attached hydrogens (primary N) is 1. The van der Waals surface area contributed by atoms with Gasteiger partial charge in [0, 0.05) is 6.42 Å². The van der Waals surface area contributed by atoms with E-state index in [4.69, 9.17) is 15.6 Å². The maximum atomic E-state index is 11.2. The molecule has 0 rings (SSSR count). The van der Waals surface area contributed by atoms with Crippen molar-refractivity contribution in [2.24, 2.45) is 5.73 Å². The van der Waals surface area contributed by atoms with Crippen molar-refractivity contribution < 1.29 is 24.3 Å². The van der Waals surface area contributed by atoms with E-state index < -0.39 is 18.0 Å². The molecule has 0 aromatic heterocycles. The zero-order valence-corrected chi connectivity index (χ0v) is 13.2. The molecule has 0 aromatic carbocycles. The highest BCUT2D eigenvalue weighted by atomic mass is 16.5. The minimum atomic E-state index is -0.962. The first-order valence-electron chi connectivity index (χ1n) is 6.86. The number of likely N-dealkylation sites (N-methyl/N-ethyl adjacent to an activating group) is 1. The smallest absolute Gasteiger partial charge is 0.323 e. The average molecular weight is 279 g/mol. The van der Waals surface area contributed by atoms with E-state index in [0.717, 1.165) is 0 Å². The van der Waals surface area contributed by atoms with E-state index in [1.165, 1.54) is 4.90 Å². The molecule has 4 N–H and O–H groups in total. The van der Waals surface area contributed by atoms with Crippen molar-refractivity contribution in [3.63, 3.8) is 0 Å². The minimum Gasteiger partial charge on any atom is -0.481 e. The third-order valence-electron chi connectivity index (χ3n) is 1.82. The van der Waals surface area contributed by atoms with Gasteiger partial charge in [-0.2, -0.15) is 0 Å². The number of aliphatic carboxylic acids is 1. The molecule has 1 atom stereocenters. The number of hydrogen-bond donors (Lipinski definition) is 3. The van der Waals surface area contributed by atoms with Crippen LogP contribution in [0.4, 0.5) is 0 Å². The molecule has 0 bridgehead atoms. The van der Waals surface area contributed by atoms with Gasteiger partial charge in [0.25, 0.3) is 0 Å². The van der Waals surface area contributed by atoms with E-state index in [1.807, 2.05) is 41.8 Å². The molecule has 0 aliphatic carbocycles. The van der Waals surface area contributed by atoms with Gasteiger partial charge in [-0.25, -0.2) is 0 Å². The SMILES string of the molecule is CC.CC.C[NH+](C)CCOC(=O)C(N)CCC(=O)O. The number of ether oxygens (including phenoxy) is 1. The maximum absolute atomic E-state index is 11.2. The lowest BCUT2D eigenvalue weighted by Crippen LogP contribution is -3.06. The summed E-state index contributed by atoms with van der Waals surface area (Å²) in [6, 6.07) is -0.835. The lowest BCUT2D eigenvalue weighted by atomic mass is 10.2. The summed E-state index contributed by atoms with van der Waals surface area (Å²) in [6.45, 7) is 9.01. The van der Waals surface area contributed by atoms with Gasteiger partial charge in [0.05, 0.1) is 14.1 Å². The quantitative estimate of drug-likeness (QED) is 0.567. The Bertz CT molecular complexity index is 221. The zero-order valence-electron chi connectivity index (χ0n) is 13.2. The summed E-state index contributed by atoms with van der Waals surface area (Å²) in [5.74, 6) is -1.49. The molecule has 0 spiro atoms. The van der Waals surface area contributed by atoms with Crippen LogP contribution in [0.1, 0.15) is 40.5 Å². The van der Waals surface area contributed by atoms with Crippen LogP contribution < -0.4 is 10.6 Å². The van der Waals surface area contributed by atoms with Crippen LogP contribution in [0.2, 0.25) is 0 Å².